The molecule has 0 radical (unpaired) electrons. The van der Waals surface area contributed by atoms with Gasteiger partial charge in [-0.05, 0) is 30.2 Å². The number of carbonyl (C=O) groups is 1. The number of hydrogen-bond donors (Lipinski definition) is 3. The van der Waals surface area contributed by atoms with Gasteiger partial charge in [0, 0.05) is 18.3 Å². The molecule has 1 aromatic carbocycles. The smallest absolute Gasteiger partial charge is 0.404 e. The zero-order valence-electron chi connectivity index (χ0n) is 10.4. The number of benzene rings is 1. The summed E-state index contributed by atoms with van der Waals surface area (Å²) in [7, 11) is 0. The number of carboxylic acid groups (broad SMARTS) is 1. The first-order valence-corrected chi connectivity index (χ1v) is 5.71. The molecular formula is C13H14N4O2. The average molecular weight is 258 g/mol. The van der Waals surface area contributed by atoms with Crippen molar-refractivity contribution in [3.05, 3.63) is 41.6 Å². The molecule has 0 bridgehead atoms. The molecule has 6 heteroatoms. The molecule has 0 aliphatic carbocycles. The third-order valence-electron chi connectivity index (χ3n) is 2.74. The molecule has 0 saturated carbocycles. The molecule has 2 rings (SSSR count). The van der Waals surface area contributed by atoms with E-state index in [1.54, 1.807) is 12.3 Å². The minimum atomic E-state index is -1.04. The van der Waals surface area contributed by atoms with Crippen molar-refractivity contribution in [1.29, 1.82) is 0 Å². The number of nitrogens with two attached hydrogens (primary N) is 1. The topological polar surface area (TPSA) is 101 Å². The van der Waals surface area contributed by atoms with E-state index in [-0.39, 0.29) is 12.5 Å². The van der Waals surface area contributed by atoms with Crippen LogP contribution in [0.2, 0.25) is 0 Å². The molecule has 0 fully saturated rings. The van der Waals surface area contributed by atoms with Crippen LogP contribution in [0.5, 0.6) is 0 Å². The third-order valence-corrected chi connectivity index (χ3v) is 2.74. The molecule has 1 heterocycles. The first-order chi connectivity index (χ1) is 9.06. The lowest BCUT2D eigenvalue weighted by atomic mass is 10.0. The molecule has 0 unspecified atom stereocenters. The van der Waals surface area contributed by atoms with E-state index < -0.39 is 6.09 Å². The molecule has 1 aromatic heterocycles. The van der Waals surface area contributed by atoms with Crippen molar-refractivity contribution in [2.75, 3.05) is 5.73 Å². The van der Waals surface area contributed by atoms with E-state index >= 15 is 0 Å². The Morgan fingerprint density at radius 1 is 1.42 bits per heavy atom. The van der Waals surface area contributed by atoms with Gasteiger partial charge in [-0.1, -0.05) is 12.1 Å². The number of hydrogen-bond acceptors (Lipinski definition) is 4. The summed E-state index contributed by atoms with van der Waals surface area (Å²) in [4.78, 5) is 18.5. The highest BCUT2D eigenvalue weighted by Crippen LogP contribution is 2.20. The van der Waals surface area contributed by atoms with Crippen LogP contribution in [0.25, 0.3) is 11.3 Å². The van der Waals surface area contributed by atoms with Crippen LogP contribution in [-0.4, -0.2) is 21.2 Å². The maximum atomic E-state index is 10.5. The van der Waals surface area contributed by atoms with Crippen molar-refractivity contribution >= 4 is 12.0 Å². The number of aromatic nitrogens is 2. The van der Waals surface area contributed by atoms with Crippen LogP contribution in [-0.2, 0) is 6.54 Å². The van der Waals surface area contributed by atoms with Crippen LogP contribution < -0.4 is 11.1 Å². The van der Waals surface area contributed by atoms with Crippen LogP contribution in [0.15, 0.2) is 30.5 Å². The van der Waals surface area contributed by atoms with E-state index in [1.807, 2.05) is 25.1 Å². The standard InChI is InChI=1S/C13H14N4O2/c1-8-6-9(11-4-5-15-12(14)17-11)2-3-10(8)7-16-13(18)19/h2-6,16H,7H2,1H3,(H,18,19)(H2,14,15,17). The van der Waals surface area contributed by atoms with Gasteiger partial charge < -0.3 is 16.2 Å². The first kappa shape index (κ1) is 12.8. The van der Waals surface area contributed by atoms with Crippen molar-refractivity contribution in [1.82, 2.24) is 15.3 Å². The quantitative estimate of drug-likeness (QED) is 0.779. The van der Waals surface area contributed by atoms with Crippen LogP contribution in [0.3, 0.4) is 0 Å². The predicted molar refractivity (Wildman–Crippen MR) is 71.5 cm³/mol. The lowest BCUT2D eigenvalue weighted by molar-refractivity contribution is 0.194. The van der Waals surface area contributed by atoms with Gasteiger partial charge >= 0.3 is 6.09 Å². The largest absolute Gasteiger partial charge is 0.465 e. The molecule has 19 heavy (non-hydrogen) atoms. The van der Waals surface area contributed by atoms with Crippen LogP contribution >= 0.6 is 0 Å². The molecular weight excluding hydrogens is 244 g/mol. The van der Waals surface area contributed by atoms with Gasteiger partial charge in [-0.25, -0.2) is 14.8 Å². The zero-order chi connectivity index (χ0) is 13.8. The molecule has 6 nitrogen and oxygen atoms in total. The molecule has 0 spiro atoms. The summed E-state index contributed by atoms with van der Waals surface area (Å²) in [5.74, 6) is 0.228. The molecule has 0 saturated heterocycles. The van der Waals surface area contributed by atoms with E-state index in [2.05, 4.69) is 15.3 Å². The summed E-state index contributed by atoms with van der Waals surface area (Å²) in [5, 5.41) is 10.9. The number of aryl methyl sites for hydroxylation is 1. The SMILES string of the molecule is Cc1cc(-c2ccnc(N)n2)ccc1CNC(=O)O. The Morgan fingerprint density at radius 3 is 2.84 bits per heavy atom. The molecule has 2 aromatic rings. The second-order valence-electron chi connectivity index (χ2n) is 4.10. The van der Waals surface area contributed by atoms with Crippen LogP contribution in [0, 0.1) is 6.92 Å². The summed E-state index contributed by atoms with van der Waals surface area (Å²) in [6.07, 6.45) is 0.569. The Labute approximate surface area is 110 Å². The summed E-state index contributed by atoms with van der Waals surface area (Å²) >= 11 is 0. The molecule has 1 amide bonds. The lowest BCUT2D eigenvalue weighted by Gasteiger charge is -2.08. The van der Waals surface area contributed by atoms with Crippen molar-refractivity contribution in [2.45, 2.75) is 13.5 Å². The predicted octanol–water partition coefficient (Wildman–Crippen LogP) is 1.80. The molecule has 0 aliphatic rings. The van der Waals surface area contributed by atoms with Crippen molar-refractivity contribution < 1.29 is 9.90 Å². The minimum Gasteiger partial charge on any atom is -0.465 e. The third kappa shape index (κ3) is 3.19. The van der Waals surface area contributed by atoms with Crippen molar-refractivity contribution in [2.24, 2.45) is 0 Å². The monoisotopic (exact) mass is 258 g/mol. The van der Waals surface area contributed by atoms with Crippen LogP contribution in [0.4, 0.5) is 10.7 Å². The average Bonchev–Trinajstić information content (AvgIpc) is 2.37. The van der Waals surface area contributed by atoms with Gasteiger partial charge in [-0.2, -0.15) is 0 Å². The molecule has 98 valence electrons. The Hall–Kier alpha value is -2.63. The minimum absolute atomic E-state index is 0.228. The Kier molecular flexibility index (Phi) is 3.61. The summed E-state index contributed by atoms with van der Waals surface area (Å²) in [6.45, 7) is 2.21. The number of nitrogens with one attached hydrogen (secondary N) is 1. The Morgan fingerprint density at radius 2 is 2.21 bits per heavy atom. The zero-order valence-corrected chi connectivity index (χ0v) is 10.4. The number of anilines is 1. The van der Waals surface area contributed by atoms with E-state index in [0.29, 0.717) is 0 Å². The fourth-order valence-electron chi connectivity index (χ4n) is 1.76. The van der Waals surface area contributed by atoms with Crippen molar-refractivity contribution in [3.8, 4) is 11.3 Å². The maximum Gasteiger partial charge on any atom is 0.404 e. The van der Waals surface area contributed by atoms with Gasteiger partial charge in [0.25, 0.3) is 0 Å². The van der Waals surface area contributed by atoms with Crippen LogP contribution in [0.1, 0.15) is 11.1 Å². The highest BCUT2D eigenvalue weighted by molar-refractivity contribution is 5.65. The van der Waals surface area contributed by atoms with E-state index in [4.69, 9.17) is 10.8 Å². The highest BCUT2D eigenvalue weighted by atomic mass is 16.4. The van der Waals surface area contributed by atoms with Gasteiger partial charge in [0.2, 0.25) is 5.95 Å². The number of rotatable bonds is 3. The normalized spacial score (nSPS) is 10.2. The molecule has 0 aliphatic heterocycles. The van der Waals surface area contributed by atoms with Gasteiger partial charge in [-0.3, -0.25) is 0 Å². The Bertz CT molecular complexity index is 613. The second-order valence-corrected chi connectivity index (χ2v) is 4.10. The highest BCUT2D eigenvalue weighted by Gasteiger charge is 2.05. The summed E-state index contributed by atoms with van der Waals surface area (Å²) in [6, 6.07) is 7.48. The molecule has 4 N–H and O–H groups in total. The second kappa shape index (κ2) is 5.34. The van der Waals surface area contributed by atoms with E-state index in [0.717, 1.165) is 22.4 Å². The fraction of sp³-hybridized carbons (Fsp3) is 0.154. The fourth-order valence-corrected chi connectivity index (χ4v) is 1.76. The van der Waals surface area contributed by atoms with E-state index in [9.17, 15) is 4.79 Å². The summed E-state index contributed by atoms with van der Waals surface area (Å²) < 4.78 is 0. The number of nitrogen functional groups attached to an aromatic ring is 1. The van der Waals surface area contributed by atoms with E-state index in [1.165, 1.54) is 0 Å². The number of nitrogens with zero attached hydrogens (tertiary/aromatic N) is 2. The van der Waals surface area contributed by atoms with Gasteiger partial charge in [0.1, 0.15) is 0 Å². The lowest BCUT2D eigenvalue weighted by Crippen LogP contribution is -2.20. The van der Waals surface area contributed by atoms with Gasteiger partial charge in [-0.15, -0.1) is 0 Å². The van der Waals surface area contributed by atoms with Crippen molar-refractivity contribution in [3.63, 3.8) is 0 Å². The first-order valence-electron chi connectivity index (χ1n) is 5.71. The molecule has 0 atom stereocenters. The maximum absolute atomic E-state index is 10.5. The Balaban J connectivity index is 2.26. The number of amides is 1. The van der Waals surface area contributed by atoms with Gasteiger partial charge in [0.05, 0.1) is 5.69 Å². The van der Waals surface area contributed by atoms with Gasteiger partial charge in [0.15, 0.2) is 0 Å². The summed E-state index contributed by atoms with van der Waals surface area (Å²) in [5.41, 5.74) is 9.13.